The Hall–Kier alpha value is -2.56. The van der Waals surface area contributed by atoms with E-state index in [2.05, 4.69) is 54.6 Å². The van der Waals surface area contributed by atoms with Crippen LogP contribution in [0, 0.1) is 13.8 Å². The van der Waals surface area contributed by atoms with Gasteiger partial charge in [0.1, 0.15) is 0 Å². The minimum Gasteiger partial charge on any atom is -0.357 e. The first kappa shape index (κ1) is 20.7. The number of aromatic nitrogens is 1. The lowest BCUT2D eigenvalue weighted by molar-refractivity contribution is 0.597. The average molecular weight is 369 g/mol. The zero-order valence-corrected chi connectivity index (χ0v) is 16.8. The minimum atomic E-state index is 0.0578. The molecule has 0 fully saturated rings. The summed E-state index contributed by atoms with van der Waals surface area (Å²) in [6, 6.07) is 11.9. The molecule has 146 valence electrons. The quantitative estimate of drug-likeness (QED) is 0.406. The number of benzene rings is 1. The van der Waals surface area contributed by atoms with Gasteiger partial charge in [0, 0.05) is 38.4 Å². The van der Waals surface area contributed by atoms with Gasteiger partial charge in [-0.15, -0.1) is 0 Å². The Morgan fingerprint density at radius 1 is 1.07 bits per heavy atom. The Morgan fingerprint density at radius 3 is 2.56 bits per heavy atom. The molecule has 0 aliphatic rings. The van der Waals surface area contributed by atoms with E-state index in [9.17, 15) is 4.79 Å². The van der Waals surface area contributed by atoms with E-state index in [1.807, 2.05) is 12.3 Å². The van der Waals surface area contributed by atoms with Crippen molar-refractivity contribution < 1.29 is 0 Å². The van der Waals surface area contributed by atoms with Gasteiger partial charge in [0.25, 0.3) is 0 Å². The van der Waals surface area contributed by atoms with Gasteiger partial charge in [-0.1, -0.05) is 35.4 Å². The van der Waals surface area contributed by atoms with Gasteiger partial charge >= 0.3 is 0 Å². The van der Waals surface area contributed by atoms with Crippen LogP contribution in [0.25, 0.3) is 0 Å². The molecule has 0 amide bonds. The maximum absolute atomic E-state index is 11.7. The molecule has 2 N–H and O–H groups in total. The number of unbranched alkanes of at least 4 members (excludes halogenated alkanes) is 1. The summed E-state index contributed by atoms with van der Waals surface area (Å²) in [5.74, 6) is 0.860. The van der Waals surface area contributed by atoms with Crippen molar-refractivity contribution in [2.45, 2.75) is 46.6 Å². The van der Waals surface area contributed by atoms with Crippen molar-refractivity contribution in [2.24, 2.45) is 4.99 Å². The molecule has 0 aliphatic heterocycles. The number of rotatable bonds is 9. The largest absolute Gasteiger partial charge is 0.357 e. The molecule has 27 heavy (non-hydrogen) atoms. The second-order valence-corrected chi connectivity index (χ2v) is 6.87. The molecule has 2 aromatic rings. The highest BCUT2D eigenvalue weighted by Gasteiger charge is 2.00. The Bertz CT molecular complexity index is 775. The first-order valence-electron chi connectivity index (χ1n) is 9.83. The van der Waals surface area contributed by atoms with E-state index in [-0.39, 0.29) is 5.56 Å². The summed E-state index contributed by atoms with van der Waals surface area (Å²) in [7, 11) is 0. The number of aryl methyl sites for hydroxylation is 3. The van der Waals surface area contributed by atoms with Gasteiger partial charge in [-0.3, -0.25) is 9.79 Å². The Balaban J connectivity index is 1.74. The highest BCUT2D eigenvalue weighted by molar-refractivity contribution is 5.79. The van der Waals surface area contributed by atoms with E-state index in [1.165, 1.54) is 16.7 Å². The SMILES string of the molecule is CCNC(=NCCCCn1ccccc1=O)NCCc1cc(C)cc(C)c1. The molecule has 5 nitrogen and oxygen atoms in total. The lowest BCUT2D eigenvalue weighted by atomic mass is 10.1. The molecular formula is C22H32N4O. The number of guanidine groups is 1. The summed E-state index contributed by atoms with van der Waals surface area (Å²) in [4.78, 5) is 16.3. The van der Waals surface area contributed by atoms with Gasteiger partial charge in [-0.05, 0) is 51.7 Å². The van der Waals surface area contributed by atoms with Crippen molar-refractivity contribution >= 4 is 5.96 Å². The molecule has 5 heteroatoms. The minimum absolute atomic E-state index is 0.0578. The second-order valence-electron chi connectivity index (χ2n) is 6.87. The highest BCUT2D eigenvalue weighted by atomic mass is 16.1. The molecule has 2 rings (SSSR count). The van der Waals surface area contributed by atoms with Crippen molar-refractivity contribution in [2.75, 3.05) is 19.6 Å². The van der Waals surface area contributed by atoms with Crippen LogP contribution >= 0.6 is 0 Å². The monoisotopic (exact) mass is 368 g/mol. The number of hydrogen-bond acceptors (Lipinski definition) is 2. The average Bonchev–Trinajstić information content (AvgIpc) is 2.62. The predicted molar refractivity (Wildman–Crippen MR) is 114 cm³/mol. The summed E-state index contributed by atoms with van der Waals surface area (Å²) in [6.07, 6.45) is 4.71. The molecule has 1 heterocycles. The van der Waals surface area contributed by atoms with Crippen LogP contribution < -0.4 is 16.2 Å². The Kier molecular flexibility index (Phi) is 8.62. The van der Waals surface area contributed by atoms with Crippen molar-refractivity contribution in [3.8, 4) is 0 Å². The first-order chi connectivity index (χ1) is 13.1. The summed E-state index contributed by atoms with van der Waals surface area (Å²) < 4.78 is 1.75. The third-order valence-electron chi connectivity index (χ3n) is 4.31. The van der Waals surface area contributed by atoms with Crippen LogP contribution in [-0.4, -0.2) is 30.2 Å². The van der Waals surface area contributed by atoms with Crippen molar-refractivity contribution in [3.63, 3.8) is 0 Å². The van der Waals surface area contributed by atoms with Crippen LogP contribution in [0.2, 0.25) is 0 Å². The van der Waals surface area contributed by atoms with Crippen LogP contribution in [0.1, 0.15) is 36.5 Å². The predicted octanol–water partition coefficient (Wildman–Crippen LogP) is 3.04. The molecule has 0 unspecified atom stereocenters. The lowest BCUT2D eigenvalue weighted by Gasteiger charge is -2.12. The molecule has 0 saturated carbocycles. The van der Waals surface area contributed by atoms with Crippen LogP contribution in [-0.2, 0) is 13.0 Å². The highest BCUT2D eigenvalue weighted by Crippen LogP contribution is 2.08. The molecular weight excluding hydrogens is 336 g/mol. The number of nitrogens with one attached hydrogen (secondary N) is 2. The zero-order chi connectivity index (χ0) is 19.5. The van der Waals surface area contributed by atoms with Gasteiger partial charge in [0.05, 0.1) is 0 Å². The number of pyridine rings is 1. The smallest absolute Gasteiger partial charge is 0.250 e. The van der Waals surface area contributed by atoms with Crippen LogP contribution in [0.5, 0.6) is 0 Å². The van der Waals surface area contributed by atoms with E-state index < -0.39 is 0 Å². The van der Waals surface area contributed by atoms with Crippen molar-refractivity contribution in [1.82, 2.24) is 15.2 Å². The standard InChI is InChI=1S/C22H32N4O/c1-4-23-22(25-12-10-20-16-18(2)15-19(3)17-20)24-11-6-8-14-26-13-7-5-9-21(26)27/h5,7,9,13,15-17H,4,6,8,10-12,14H2,1-3H3,(H2,23,24,25). The molecule has 0 atom stereocenters. The normalized spacial score (nSPS) is 11.4. The first-order valence-corrected chi connectivity index (χ1v) is 9.83. The summed E-state index contributed by atoms with van der Waals surface area (Å²) >= 11 is 0. The number of nitrogens with zero attached hydrogens (tertiary/aromatic N) is 2. The van der Waals surface area contributed by atoms with E-state index >= 15 is 0 Å². The summed E-state index contributed by atoms with van der Waals surface area (Å²) in [5, 5.41) is 6.70. The van der Waals surface area contributed by atoms with Crippen LogP contribution in [0.3, 0.4) is 0 Å². The molecule has 0 saturated heterocycles. The van der Waals surface area contributed by atoms with Crippen LogP contribution in [0.4, 0.5) is 0 Å². The molecule has 0 radical (unpaired) electrons. The van der Waals surface area contributed by atoms with E-state index in [0.717, 1.165) is 51.4 Å². The lowest BCUT2D eigenvalue weighted by Crippen LogP contribution is -2.38. The Morgan fingerprint density at radius 2 is 1.85 bits per heavy atom. The van der Waals surface area contributed by atoms with Crippen molar-refractivity contribution in [1.29, 1.82) is 0 Å². The third-order valence-corrected chi connectivity index (χ3v) is 4.31. The van der Waals surface area contributed by atoms with Gasteiger partial charge in [0.2, 0.25) is 5.56 Å². The number of aliphatic imine (C=N–C) groups is 1. The van der Waals surface area contributed by atoms with Gasteiger partial charge in [0.15, 0.2) is 5.96 Å². The van der Waals surface area contributed by atoms with E-state index in [1.54, 1.807) is 16.7 Å². The molecule has 0 bridgehead atoms. The number of hydrogen-bond donors (Lipinski definition) is 2. The fourth-order valence-corrected chi connectivity index (χ4v) is 3.11. The van der Waals surface area contributed by atoms with Crippen LogP contribution in [0.15, 0.2) is 52.4 Å². The van der Waals surface area contributed by atoms with Gasteiger partial charge < -0.3 is 15.2 Å². The van der Waals surface area contributed by atoms with Gasteiger partial charge in [-0.2, -0.15) is 0 Å². The molecule has 1 aromatic carbocycles. The second kappa shape index (κ2) is 11.2. The van der Waals surface area contributed by atoms with Crippen molar-refractivity contribution in [3.05, 3.63) is 69.6 Å². The van der Waals surface area contributed by atoms with E-state index in [4.69, 9.17) is 0 Å². The summed E-state index contributed by atoms with van der Waals surface area (Å²) in [5.41, 5.74) is 4.03. The molecule has 0 spiro atoms. The third kappa shape index (κ3) is 7.69. The maximum Gasteiger partial charge on any atom is 0.250 e. The molecule has 1 aromatic heterocycles. The Labute approximate surface area is 162 Å². The fourth-order valence-electron chi connectivity index (χ4n) is 3.11. The summed E-state index contributed by atoms with van der Waals surface area (Å²) in [6.45, 7) is 9.54. The van der Waals surface area contributed by atoms with E-state index in [0.29, 0.717) is 0 Å². The molecule has 0 aliphatic carbocycles. The topological polar surface area (TPSA) is 58.4 Å². The fraction of sp³-hybridized carbons (Fsp3) is 0.455. The zero-order valence-electron chi connectivity index (χ0n) is 16.8. The maximum atomic E-state index is 11.7. The van der Waals surface area contributed by atoms with Gasteiger partial charge in [-0.25, -0.2) is 0 Å².